The van der Waals surface area contributed by atoms with Gasteiger partial charge in [-0.05, 0) is 31.2 Å². The topological polar surface area (TPSA) is 23.5 Å². The van der Waals surface area contributed by atoms with Crippen LogP contribution in [0.15, 0.2) is 42.5 Å². The fourth-order valence-electron chi connectivity index (χ4n) is 2.35. The molecule has 96 valence electrons. The molecule has 18 heavy (non-hydrogen) atoms. The van der Waals surface area contributed by atoms with E-state index < -0.39 is 0 Å². The van der Waals surface area contributed by atoms with Crippen molar-refractivity contribution in [1.82, 2.24) is 0 Å². The normalized spacial score (nSPS) is 10.8. The summed E-state index contributed by atoms with van der Waals surface area (Å²) in [5.74, 6) is 0. The Balaban J connectivity index is 2.27. The maximum atomic E-state index is 8.88. The van der Waals surface area contributed by atoms with Crippen LogP contribution < -0.4 is 4.90 Å². The lowest BCUT2D eigenvalue weighted by Crippen LogP contribution is -2.24. The molecule has 0 bridgehead atoms. The van der Waals surface area contributed by atoms with Crippen molar-refractivity contribution in [2.24, 2.45) is 0 Å². The number of fused-ring (bicyclic) bond motifs is 1. The van der Waals surface area contributed by atoms with Gasteiger partial charge in [-0.3, -0.25) is 0 Å². The van der Waals surface area contributed by atoms with Crippen LogP contribution in [-0.2, 0) is 0 Å². The molecule has 2 aromatic carbocycles. The molecule has 2 heteroatoms. The number of nitrogens with zero attached hydrogens (tertiary/aromatic N) is 1. The molecule has 0 spiro atoms. The highest BCUT2D eigenvalue weighted by Crippen LogP contribution is 2.26. The van der Waals surface area contributed by atoms with Gasteiger partial charge in [0.2, 0.25) is 0 Å². The zero-order valence-electron chi connectivity index (χ0n) is 11.0. The van der Waals surface area contributed by atoms with Gasteiger partial charge >= 0.3 is 0 Å². The predicted octanol–water partition coefficient (Wildman–Crippen LogP) is 3.44. The number of anilines is 1. The van der Waals surface area contributed by atoms with Crippen molar-refractivity contribution in [2.75, 3.05) is 24.6 Å². The van der Waals surface area contributed by atoms with E-state index in [1.165, 1.54) is 16.5 Å². The summed E-state index contributed by atoms with van der Waals surface area (Å²) in [4.78, 5) is 2.39. The van der Waals surface area contributed by atoms with Gasteiger partial charge in [0.15, 0.2) is 0 Å². The molecule has 1 N–H and O–H groups in total. The van der Waals surface area contributed by atoms with Gasteiger partial charge in [-0.15, -0.1) is 0 Å². The van der Waals surface area contributed by atoms with Gasteiger partial charge in [0.25, 0.3) is 0 Å². The van der Waals surface area contributed by atoms with E-state index in [0.29, 0.717) is 0 Å². The van der Waals surface area contributed by atoms with Crippen LogP contribution in [0.1, 0.15) is 19.8 Å². The highest BCUT2D eigenvalue weighted by atomic mass is 16.2. The van der Waals surface area contributed by atoms with E-state index in [1.807, 2.05) is 0 Å². The Morgan fingerprint density at radius 3 is 2.56 bits per heavy atom. The lowest BCUT2D eigenvalue weighted by atomic mass is 10.1. The van der Waals surface area contributed by atoms with E-state index in [1.54, 1.807) is 0 Å². The van der Waals surface area contributed by atoms with Crippen molar-refractivity contribution in [1.29, 1.82) is 0 Å². The number of rotatable bonds is 6. The van der Waals surface area contributed by atoms with Gasteiger partial charge in [0.05, 0.1) is 0 Å². The quantitative estimate of drug-likeness (QED) is 0.786. The fourth-order valence-corrected chi connectivity index (χ4v) is 2.35. The number of unbranched alkanes of at least 4 members (excludes halogenated alkanes) is 1. The summed E-state index contributed by atoms with van der Waals surface area (Å²) in [5.41, 5.74) is 1.30. The Morgan fingerprint density at radius 1 is 1.00 bits per heavy atom. The molecule has 0 saturated heterocycles. The van der Waals surface area contributed by atoms with Crippen LogP contribution in [0.2, 0.25) is 0 Å². The van der Waals surface area contributed by atoms with Crippen LogP contribution in [0, 0.1) is 0 Å². The molecule has 2 rings (SSSR count). The van der Waals surface area contributed by atoms with Crippen molar-refractivity contribution < 1.29 is 5.11 Å². The molecule has 2 nitrogen and oxygen atoms in total. The zero-order chi connectivity index (χ0) is 12.8. The van der Waals surface area contributed by atoms with Crippen molar-refractivity contribution in [2.45, 2.75) is 19.8 Å². The van der Waals surface area contributed by atoms with E-state index in [2.05, 4.69) is 54.3 Å². The van der Waals surface area contributed by atoms with E-state index in [-0.39, 0.29) is 6.61 Å². The van der Waals surface area contributed by atoms with Crippen LogP contribution in [0.25, 0.3) is 10.8 Å². The van der Waals surface area contributed by atoms with E-state index in [9.17, 15) is 0 Å². The molecule has 0 atom stereocenters. The van der Waals surface area contributed by atoms with Crippen molar-refractivity contribution >= 4 is 16.5 Å². The number of hydrogen-bond donors (Lipinski definition) is 1. The third kappa shape index (κ3) is 2.82. The van der Waals surface area contributed by atoms with Crippen molar-refractivity contribution in [3.05, 3.63) is 42.5 Å². The molecule has 0 amide bonds. The van der Waals surface area contributed by atoms with Crippen molar-refractivity contribution in [3.8, 4) is 0 Å². The Labute approximate surface area is 109 Å². The van der Waals surface area contributed by atoms with Crippen LogP contribution in [0.5, 0.6) is 0 Å². The summed E-state index contributed by atoms with van der Waals surface area (Å²) < 4.78 is 0. The molecule has 0 aliphatic rings. The third-order valence-electron chi connectivity index (χ3n) is 3.33. The van der Waals surface area contributed by atoms with Crippen LogP contribution in [0.4, 0.5) is 5.69 Å². The second-order valence-corrected chi connectivity index (χ2v) is 4.51. The molecule has 0 saturated carbocycles. The van der Waals surface area contributed by atoms with E-state index in [4.69, 9.17) is 5.11 Å². The van der Waals surface area contributed by atoms with Gasteiger partial charge in [-0.1, -0.05) is 36.4 Å². The molecule has 0 aromatic heterocycles. The number of aliphatic hydroxyl groups excluding tert-OH is 1. The van der Waals surface area contributed by atoms with Crippen LogP contribution in [0.3, 0.4) is 0 Å². The molecule has 0 aliphatic heterocycles. The van der Waals surface area contributed by atoms with Gasteiger partial charge in [0, 0.05) is 30.8 Å². The predicted molar refractivity (Wildman–Crippen MR) is 78.2 cm³/mol. The lowest BCUT2D eigenvalue weighted by molar-refractivity contribution is 0.285. The monoisotopic (exact) mass is 243 g/mol. The standard InChI is InChI=1S/C16H21NO/c1-2-17(12-5-6-13-18)16-11-7-9-14-8-3-4-10-15(14)16/h3-4,7-11,18H,2,5-6,12-13H2,1H3. The van der Waals surface area contributed by atoms with Crippen LogP contribution in [-0.4, -0.2) is 24.8 Å². The second-order valence-electron chi connectivity index (χ2n) is 4.51. The minimum atomic E-state index is 0.285. The largest absolute Gasteiger partial charge is 0.396 e. The first kappa shape index (κ1) is 12.9. The summed E-state index contributed by atoms with van der Waals surface area (Å²) in [7, 11) is 0. The summed E-state index contributed by atoms with van der Waals surface area (Å²) in [6.45, 7) is 4.47. The first-order chi connectivity index (χ1) is 8.86. The summed E-state index contributed by atoms with van der Waals surface area (Å²) in [6, 6.07) is 15.0. The first-order valence-electron chi connectivity index (χ1n) is 6.70. The molecular weight excluding hydrogens is 222 g/mol. The molecule has 0 fully saturated rings. The smallest absolute Gasteiger partial charge is 0.0445 e. The molecule has 0 aliphatic carbocycles. The maximum absolute atomic E-state index is 8.88. The SMILES string of the molecule is CCN(CCCCO)c1cccc2ccccc12. The number of hydrogen-bond acceptors (Lipinski definition) is 2. The maximum Gasteiger partial charge on any atom is 0.0445 e. The Morgan fingerprint density at radius 2 is 1.78 bits per heavy atom. The molecular formula is C16H21NO. The van der Waals surface area contributed by atoms with E-state index >= 15 is 0 Å². The average Bonchev–Trinajstić information content (AvgIpc) is 2.43. The third-order valence-corrected chi connectivity index (χ3v) is 3.33. The lowest BCUT2D eigenvalue weighted by Gasteiger charge is -2.24. The Bertz CT molecular complexity index is 490. The molecule has 0 heterocycles. The highest BCUT2D eigenvalue weighted by Gasteiger charge is 2.07. The molecule has 0 radical (unpaired) electrons. The Hall–Kier alpha value is -1.54. The number of benzene rings is 2. The van der Waals surface area contributed by atoms with Crippen LogP contribution >= 0.6 is 0 Å². The van der Waals surface area contributed by atoms with Gasteiger partial charge < -0.3 is 10.0 Å². The van der Waals surface area contributed by atoms with Crippen molar-refractivity contribution in [3.63, 3.8) is 0 Å². The summed E-state index contributed by atoms with van der Waals surface area (Å²) in [5, 5.41) is 11.5. The number of aliphatic hydroxyl groups is 1. The minimum Gasteiger partial charge on any atom is -0.396 e. The zero-order valence-corrected chi connectivity index (χ0v) is 11.0. The average molecular weight is 243 g/mol. The minimum absolute atomic E-state index is 0.285. The van der Waals surface area contributed by atoms with E-state index in [0.717, 1.165) is 25.9 Å². The first-order valence-corrected chi connectivity index (χ1v) is 6.70. The molecule has 2 aromatic rings. The summed E-state index contributed by atoms with van der Waals surface area (Å²) in [6.07, 6.45) is 1.91. The van der Waals surface area contributed by atoms with Gasteiger partial charge in [-0.2, -0.15) is 0 Å². The van der Waals surface area contributed by atoms with Gasteiger partial charge in [0.1, 0.15) is 0 Å². The summed E-state index contributed by atoms with van der Waals surface area (Å²) >= 11 is 0. The second kappa shape index (κ2) is 6.41. The van der Waals surface area contributed by atoms with Gasteiger partial charge in [-0.25, -0.2) is 0 Å². The Kier molecular flexibility index (Phi) is 4.59. The fraction of sp³-hybridized carbons (Fsp3) is 0.375. The highest BCUT2D eigenvalue weighted by molar-refractivity contribution is 5.94. The molecule has 0 unspecified atom stereocenters.